The van der Waals surface area contributed by atoms with Gasteiger partial charge in [0.2, 0.25) is 0 Å². The van der Waals surface area contributed by atoms with Crippen LogP contribution in [0.5, 0.6) is 5.75 Å². The van der Waals surface area contributed by atoms with Crippen LogP contribution in [0.15, 0.2) is 47.6 Å². The van der Waals surface area contributed by atoms with Gasteiger partial charge in [0.1, 0.15) is 16.9 Å². The summed E-state index contributed by atoms with van der Waals surface area (Å²) in [7, 11) is 0. The van der Waals surface area contributed by atoms with Crippen molar-refractivity contribution in [3.05, 3.63) is 53.2 Å². The first-order valence-corrected chi connectivity index (χ1v) is 10.1. The maximum Gasteiger partial charge on any atom is 0.256 e. The van der Waals surface area contributed by atoms with Gasteiger partial charge in [-0.15, -0.1) is 11.8 Å². The molecule has 1 amide bonds. The molecule has 0 saturated carbocycles. The lowest BCUT2D eigenvalue weighted by Gasteiger charge is -2.32. The number of rotatable bonds is 5. The third-order valence-electron chi connectivity index (χ3n) is 4.19. The van der Waals surface area contributed by atoms with Crippen LogP contribution in [-0.2, 0) is 0 Å². The summed E-state index contributed by atoms with van der Waals surface area (Å²) in [6.45, 7) is 5.59. The van der Waals surface area contributed by atoms with Gasteiger partial charge in [0.05, 0.1) is 5.56 Å². The van der Waals surface area contributed by atoms with Gasteiger partial charge in [0.15, 0.2) is 0 Å². The summed E-state index contributed by atoms with van der Waals surface area (Å²) in [5.41, 5.74) is 0.697. The van der Waals surface area contributed by atoms with E-state index in [1.54, 1.807) is 18.0 Å². The van der Waals surface area contributed by atoms with E-state index < -0.39 is 0 Å². The Bertz CT molecular complexity index is 744. The highest BCUT2D eigenvalue weighted by atomic mass is 35.5. The highest BCUT2D eigenvalue weighted by Crippen LogP contribution is 2.27. The molecule has 1 saturated heterocycles. The lowest BCUT2D eigenvalue weighted by Crippen LogP contribution is -2.42. The molecule has 0 spiro atoms. The van der Waals surface area contributed by atoms with Crippen LogP contribution in [0.1, 0.15) is 37.0 Å². The predicted octanol–water partition coefficient (Wildman–Crippen LogP) is 4.92. The van der Waals surface area contributed by atoms with Crippen LogP contribution in [0.3, 0.4) is 0 Å². The van der Waals surface area contributed by atoms with Crippen molar-refractivity contribution in [2.45, 2.75) is 43.1 Å². The van der Waals surface area contributed by atoms with Crippen molar-refractivity contribution in [3.8, 4) is 5.75 Å². The molecule has 0 atom stereocenters. The number of likely N-dealkylation sites (tertiary alicyclic amines) is 1. The smallest absolute Gasteiger partial charge is 0.256 e. The SMILES string of the molecule is CC(C)Sc1ncccc1C(=O)N1CCC(Oc2ccc(Cl)cc2)CC1. The zero-order chi connectivity index (χ0) is 18.5. The van der Waals surface area contributed by atoms with Crippen molar-refractivity contribution in [3.63, 3.8) is 0 Å². The van der Waals surface area contributed by atoms with Crippen LogP contribution in [0, 0.1) is 0 Å². The Hall–Kier alpha value is -1.72. The van der Waals surface area contributed by atoms with Crippen LogP contribution in [0.2, 0.25) is 5.02 Å². The minimum atomic E-state index is 0.0613. The quantitative estimate of drug-likeness (QED) is 0.679. The number of pyridine rings is 1. The van der Waals surface area contributed by atoms with Crippen molar-refractivity contribution in [1.29, 1.82) is 0 Å². The average Bonchev–Trinajstić information content (AvgIpc) is 2.64. The van der Waals surface area contributed by atoms with Gasteiger partial charge >= 0.3 is 0 Å². The molecule has 1 aromatic heterocycles. The maximum atomic E-state index is 12.9. The average molecular weight is 391 g/mol. The Morgan fingerprint density at radius 1 is 1.23 bits per heavy atom. The van der Waals surface area contributed by atoms with E-state index in [0.29, 0.717) is 28.9 Å². The van der Waals surface area contributed by atoms with Crippen LogP contribution < -0.4 is 4.74 Å². The minimum absolute atomic E-state index is 0.0613. The molecule has 3 rings (SSSR count). The van der Waals surface area contributed by atoms with E-state index in [2.05, 4.69) is 18.8 Å². The first-order chi connectivity index (χ1) is 12.5. The van der Waals surface area contributed by atoms with E-state index in [1.807, 2.05) is 41.3 Å². The van der Waals surface area contributed by atoms with E-state index in [1.165, 1.54) is 0 Å². The van der Waals surface area contributed by atoms with E-state index in [9.17, 15) is 4.79 Å². The lowest BCUT2D eigenvalue weighted by molar-refractivity contribution is 0.0591. The summed E-state index contributed by atoms with van der Waals surface area (Å²) in [5.74, 6) is 0.883. The fourth-order valence-electron chi connectivity index (χ4n) is 2.92. The fourth-order valence-corrected chi connectivity index (χ4v) is 3.90. The Balaban J connectivity index is 1.59. The highest BCUT2D eigenvalue weighted by molar-refractivity contribution is 7.99. The molecule has 0 aliphatic carbocycles. The van der Waals surface area contributed by atoms with Crippen molar-refractivity contribution in [2.75, 3.05) is 13.1 Å². The second kappa shape index (κ2) is 8.78. The zero-order valence-electron chi connectivity index (χ0n) is 15.0. The van der Waals surface area contributed by atoms with E-state index >= 15 is 0 Å². The van der Waals surface area contributed by atoms with E-state index in [0.717, 1.165) is 23.6 Å². The van der Waals surface area contributed by atoms with Gasteiger partial charge in [-0.05, 0) is 36.4 Å². The molecular weight excluding hydrogens is 368 g/mol. The molecule has 0 radical (unpaired) electrons. The molecule has 138 valence electrons. The molecule has 26 heavy (non-hydrogen) atoms. The third-order valence-corrected chi connectivity index (χ3v) is 5.47. The Kier molecular flexibility index (Phi) is 6.43. The minimum Gasteiger partial charge on any atom is -0.490 e. The molecule has 0 unspecified atom stereocenters. The number of benzene rings is 1. The monoisotopic (exact) mass is 390 g/mol. The van der Waals surface area contributed by atoms with Crippen molar-refractivity contribution in [2.24, 2.45) is 0 Å². The molecule has 1 aliphatic heterocycles. The van der Waals surface area contributed by atoms with Crippen LogP contribution in [-0.4, -0.2) is 40.2 Å². The second-order valence-electron chi connectivity index (χ2n) is 6.59. The van der Waals surface area contributed by atoms with Gasteiger partial charge < -0.3 is 9.64 Å². The van der Waals surface area contributed by atoms with Gasteiger partial charge in [-0.2, -0.15) is 0 Å². The number of amides is 1. The van der Waals surface area contributed by atoms with Gasteiger partial charge in [-0.3, -0.25) is 4.79 Å². The standard InChI is InChI=1S/C20H23ClN2O2S/c1-14(2)26-19-18(4-3-11-22-19)20(24)23-12-9-17(10-13-23)25-16-7-5-15(21)6-8-16/h3-8,11,14,17H,9-10,12-13H2,1-2H3. The number of carbonyl (C=O) groups excluding carboxylic acids is 1. The molecule has 0 N–H and O–H groups in total. The number of aromatic nitrogens is 1. The highest BCUT2D eigenvalue weighted by Gasteiger charge is 2.26. The van der Waals surface area contributed by atoms with Gasteiger partial charge in [-0.1, -0.05) is 25.4 Å². The van der Waals surface area contributed by atoms with Crippen LogP contribution in [0.4, 0.5) is 0 Å². The van der Waals surface area contributed by atoms with E-state index in [4.69, 9.17) is 16.3 Å². The Labute approximate surface area is 163 Å². The summed E-state index contributed by atoms with van der Waals surface area (Å²) >= 11 is 7.53. The first kappa shape index (κ1) is 19.1. The summed E-state index contributed by atoms with van der Waals surface area (Å²) < 4.78 is 6.01. The van der Waals surface area contributed by atoms with Gasteiger partial charge in [0.25, 0.3) is 5.91 Å². The molecule has 1 aliphatic rings. The number of thioether (sulfide) groups is 1. The van der Waals surface area contributed by atoms with Crippen molar-refractivity contribution in [1.82, 2.24) is 9.88 Å². The van der Waals surface area contributed by atoms with Crippen molar-refractivity contribution >= 4 is 29.3 Å². The summed E-state index contributed by atoms with van der Waals surface area (Å²) in [4.78, 5) is 19.2. The molecular formula is C20H23ClN2O2S. The number of hydrogen-bond donors (Lipinski definition) is 0. The summed E-state index contributed by atoms with van der Waals surface area (Å²) in [6, 6.07) is 11.1. The van der Waals surface area contributed by atoms with E-state index in [-0.39, 0.29) is 12.0 Å². The lowest BCUT2D eigenvalue weighted by atomic mass is 10.1. The predicted molar refractivity (Wildman–Crippen MR) is 106 cm³/mol. The molecule has 0 bridgehead atoms. The first-order valence-electron chi connectivity index (χ1n) is 8.86. The van der Waals surface area contributed by atoms with Gasteiger partial charge in [-0.25, -0.2) is 4.98 Å². The number of nitrogens with zero attached hydrogens (tertiary/aromatic N) is 2. The largest absolute Gasteiger partial charge is 0.490 e. The van der Waals surface area contributed by atoms with Crippen LogP contribution >= 0.6 is 23.4 Å². The topological polar surface area (TPSA) is 42.4 Å². The van der Waals surface area contributed by atoms with Crippen molar-refractivity contribution < 1.29 is 9.53 Å². The molecule has 2 aromatic rings. The molecule has 2 heterocycles. The fraction of sp³-hybridized carbons (Fsp3) is 0.400. The molecule has 6 heteroatoms. The summed E-state index contributed by atoms with van der Waals surface area (Å²) in [6.07, 6.45) is 3.51. The maximum absolute atomic E-state index is 12.9. The number of piperidine rings is 1. The number of halogens is 1. The number of carbonyl (C=O) groups is 1. The van der Waals surface area contributed by atoms with Crippen LogP contribution in [0.25, 0.3) is 0 Å². The van der Waals surface area contributed by atoms with Gasteiger partial charge in [0, 0.05) is 42.4 Å². The molecule has 4 nitrogen and oxygen atoms in total. The normalized spacial score (nSPS) is 15.3. The number of ether oxygens (including phenoxy) is 1. The molecule has 1 fully saturated rings. The third kappa shape index (κ3) is 4.92. The Morgan fingerprint density at radius 2 is 1.92 bits per heavy atom. The molecule has 1 aromatic carbocycles. The zero-order valence-corrected chi connectivity index (χ0v) is 16.6. The number of hydrogen-bond acceptors (Lipinski definition) is 4. The Morgan fingerprint density at radius 3 is 2.58 bits per heavy atom. The summed E-state index contributed by atoms with van der Waals surface area (Å²) in [5, 5.41) is 1.89. The second-order valence-corrected chi connectivity index (χ2v) is 8.59.